The van der Waals surface area contributed by atoms with E-state index < -0.39 is 12.1 Å². The molecule has 0 saturated heterocycles. The van der Waals surface area contributed by atoms with Crippen LogP contribution in [0, 0.1) is 11.6 Å². The molecule has 1 aromatic carbocycles. The summed E-state index contributed by atoms with van der Waals surface area (Å²) in [7, 11) is 0. The summed E-state index contributed by atoms with van der Waals surface area (Å²) in [4.78, 5) is 23.1. The van der Waals surface area contributed by atoms with Crippen LogP contribution in [0.4, 0.5) is 0 Å². The summed E-state index contributed by atoms with van der Waals surface area (Å²) in [6.07, 6.45) is -0.790. The molecule has 94 valence electrons. The molecule has 0 aromatic heterocycles. The third-order valence-electron chi connectivity index (χ3n) is 2.47. The fourth-order valence-electron chi connectivity index (χ4n) is 1.53. The molecule has 1 aliphatic rings. The summed E-state index contributed by atoms with van der Waals surface area (Å²) in [5, 5.41) is 0.618. The van der Waals surface area contributed by atoms with Crippen LogP contribution in [0.3, 0.4) is 0 Å². The van der Waals surface area contributed by atoms with Gasteiger partial charge in [-0.1, -0.05) is 23.2 Å². The standard InChI is InChI=1S/C12H8Cl3O3/c13-7-3-1-6(2-4-7)8(16)5-9-10(14)11(15)12(17)18-9/h1-4,9,15H,5H2/q+1. The number of halogens is 3. The lowest BCUT2D eigenvalue weighted by atomic mass is 10.1. The van der Waals surface area contributed by atoms with Gasteiger partial charge in [-0.05, 0) is 24.3 Å². The summed E-state index contributed by atoms with van der Waals surface area (Å²) in [6, 6.07) is 6.44. The summed E-state index contributed by atoms with van der Waals surface area (Å²) >= 11 is 16.3. The van der Waals surface area contributed by atoms with Gasteiger partial charge in [-0.3, -0.25) is 4.79 Å². The lowest BCUT2D eigenvalue weighted by Crippen LogP contribution is -2.15. The summed E-state index contributed by atoms with van der Waals surface area (Å²) < 4.78 is 4.91. The van der Waals surface area contributed by atoms with E-state index in [1.54, 1.807) is 24.3 Å². The zero-order valence-electron chi connectivity index (χ0n) is 8.98. The van der Waals surface area contributed by atoms with Crippen LogP contribution in [-0.2, 0) is 9.53 Å². The van der Waals surface area contributed by atoms with E-state index in [0.717, 1.165) is 0 Å². The number of Topliss-reactive ketones (excluding diaryl/α,β-unsaturated/α-hetero) is 1. The Morgan fingerprint density at radius 1 is 1.28 bits per heavy atom. The minimum atomic E-state index is -0.769. The van der Waals surface area contributed by atoms with E-state index in [9.17, 15) is 9.59 Å². The highest BCUT2D eigenvalue weighted by Gasteiger charge is 2.39. The molecule has 0 N–H and O–H groups in total. The normalized spacial score (nSPS) is 19.1. The molecule has 0 aliphatic carbocycles. The van der Waals surface area contributed by atoms with Crippen LogP contribution in [0.1, 0.15) is 16.8 Å². The monoisotopic (exact) mass is 305 g/mol. The van der Waals surface area contributed by atoms with E-state index in [0.29, 0.717) is 10.6 Å². The van der Waals surface area contributed by atoms with Gasteiger partial charge in [-0.25, -0.2) is 4.79 Å². The molecule has 0 fully saturated rings. The minimum absolute atomic E-state index is 0.0215. The molecule has 0 spiro atoms. The average Bonchev–Trinajstić information content (AvgIpc) is 2.58. The molecule has 2 rings (SSSR count). The molecule has 1 aromatic rings. The van der Waals surface area contributed by atoms with E-state index >= 15 is 0 Å². The number of cyclic esters (lactones) is 1. The van der Waals surface area contributed by atoms with Gasteiger partial charge in [0, 0.05) is 10.6 Å². The van der Waals surface area contributed by atoms with E-state index in [1.807, 2.05) is 0 Å². The van der Waals surface area contributed by atoms with Crippen molar-refractivity contribution in [3.8, 4) is 0 Å². The predicted octanol–water partition coefficient (Wildman–Crippen LogP) is 2.57. The first-order chi connectivity index (χ1) is 8.49. The first-order valence-electron chi connectivity index (χ1n) is 5.05. The van der Waals surface area contributed by atoms with Gasteiger partial charge in [0.25, 0.3) is 0 Å². The van der Waals surface area contributed by atoms with Crippen LogP contribution < -0.4 is 0 Å². The fourth-order valence-corrected chi connectivity index (χ4v) is 2.04. The Balaban J connectivity index is 2.09. The largest absolute Gasteiger partial charge is 0.448 e. The van der Waals surface area contributed by atoms with Gasteiger partial charge in [-0.2, -0.15) is 0 Å². The second-order valence-corrected chi connectivity index (χ2v) is 4.96. The quantitative estimate of drug-likeness (QED) is 0.637. The first-order valence-corrected chi connectivity index (χ1v) is 6.22. The van der Waals surface area contributed by atoms with Crippen molar-refractivity contribution in [1.82, 2.24) is 0 Å². The van der Waals surface area contributed by atoms with Crippen LogP contribution in [-0.4, -0.2) is 17.9 Å². The van der Waals surface area contributed by atoms with Gasteiger partial charge in [-0.15, -0.1) is 0 Å². The molecule has 0 saturated carbocycles. The van der Waals surface area contributed by atoms with Gasteiger partial charge in [0.1, 0.15) is 5.03 Å². The number of esters is 1. The third-order valence-corrected chi connectivity index (χ3v) is 3.65. The SMILES string of the molecule is O=C1OC(CC(=O)c2ccc(Cl)cc2)C(Cl)=C1[ClH+]. The molecule has 1 heterocycles. The maximum atomic E-state index is 11.9. The number of rotatable bonds is 3. The molecular formula is C12H8Cl3O3+. The lowest BCUT2D eigenvalue weighted by Gasteiger charge is -2.08. The zero-order valence-corrected chi connectivity index (χ0v) is 11.3. The van der Waals surface area contributed by atoms with Gasteiger partial charge in [0.15, 0.2) is 23.5 Å². The van der Waals surface area contributed by atoms with Gasteiger partial charge in [0.05, 0.1) is 6.42 Å². The third kappa shape index (κ3) is 2.69. The molecule has 1 atom stereocenters. The van der Waals surface area contributed by atoms with Crippen molar-refractivity contribution in [3.63, 3.8) is 0 Å². The second kappa shape index (κ2) is 5.31. The highest BCUT2D eigenvalue weighted by molar-refractivity contribution is 6.33. The second-order valence-electron chi connectivity index (χ2n) is 3.71. The summed E-state index contributed by atoms with van der Waals surface area (Å²) in [5.74, 6) is -0.837. The van der Waals surface area contributed by atoms with Crippen molar-refractivity contribution in [1.29, 1.82) is 0 Å². The maximum Gasteiger partial charge on any atom is 0.399 e. The number of hydrogen-bond acceptors (Lipinski definition) is 3. The molecule has 1 unspecified atom stereocenters. The Hall–Kier alpha value is -1.03. The first kappa shape index (κ1) is 13.4. The number of ether oxygens (including phenoxy) is 1. The van der Waals surface area contributed by atoms with Crippen molar-refractivity contribution >= 4 is 35.0 Å². The molecular weight excluding hydrogens is 298 g/mol. The number of hydrogen-bond donors (Lipinski definition) is 0. The van der Waals surface area contributed by atoms with Gasteiger partial charge >= 0.3 is 11.0 Å². The smallest absolute Gasteiger partial charge is 0.399 e. The lowest BCUT2D eigenvalue weighted by molar-refractivity contribution is -0.300. The Morgan fingerprint density at radius 2 is 1.89 bits per heavy atom. The van der Waals surface area contributed by atoms with Crippen LogP contribution in [0.2, 0.25) is 5.02 Å². The molecule has 0 radical (unpaired) electrons. The summed E-state index contributed by atoms with van der Waals surface area (Å²) in [5.41, 5.74) is 0.484. The van der Waals surface area contributed by atoms with Crippen LogP contribution in [0.5, 0.6) is 0 Å². The topological polar surface area (TPSA) is 43.4 Å². The fraction of sp³-hybridized carbons (Fsp3) is 0.167. The van der Waals surface area contributed by atoms with Crippen molar-refractivity contribution < 1.29 is 25.9 Å². The van der Waals surface area contributed by atoms with Crippen molar-refractivity contribution in [3.05, 3.63) is 44.9 Å². The van der Waals surface area contributed by atoms with E-state index in [4.69, 9.17) is 39.5 Å². The van der Waals surface area contributed by atoms with Crippen LogP contribution in [0.15, 0.2) is 34.3 Å². The van der Waals surface area contributed by atoms with E-state index in [1.165, 1.54) is 0 Å². The number of carbonyl (C=O) groups is 2. The van der Waals surface area contributed by atoms with Gasteiger partial charge in [0.2, 0.25) is 0 Å². The molecule has 18 heavy (non-hydrogen) atoms. The number of carbonyl (C=O) groups excluding carboxylic acids is 2. The molecule has 1 aliphatic heterocycles. The van der Waals surface area contributed by atoms with E-state index in [-0.39, 0.29) is 22.3 Å². The average molecular weight is 307 g/mol. The molecule has 0 amide bonds. The highest BCUT2D eigenvalue weighted by Crippen LogP contribution is 2.28. The van der Waals surface area contributed by atoms with Crippen LogP contribution >= 0.6 is 23.2 Å². The zero-order chi connectivity index (χ0) is 13.3. The predicted molar refractivity (Wildman–Crippen MR) is 64.6 cm³/mol. The molecule has 6 heteroatoms. The van der Waals surface area contributed by atoms with Crippen molar-refractivity contribution in [2.75, 3.05) is 0 Å². The van der Waals surface area contributed by atoms with Gasteiger partial charge < -0.3 is 4.74 Å². The molecule has 3 nitrogen and oxygen atoms in total. The Bertz CT molecular complexity index is 534. The molecule has 0 bridgehead atoms. The highest BCUT2D eigenvalue weighted by atomic mass is 35.5. The van der Waals surface area contributed by atoms with E-state index in [2.05, 4.69) is 0 Å². The maximum absolute atomic E-state index is 11.9. The Morgan fingerprint density at radius 3 is 2.39 bits per heavy atom. The minimum Gasteiger partial charge on any atom is -0.448 e. The Labute approximate surface area is 118 Å². The number of ketones is 1. The van der Waals surface area contributed by atoms with Crippen LogP contribution in [0.25, 0.3) is 0 Å². The Kier molecular flexibility index (Phi) is 3.95. The van der Waals surface area contributed by atoms with Crippen molar-refractivity contribution in [2.45, 2.75) is 12.5 Å². The summed E-state index contributed by atoms with van der Waals surface area (Å²) in [6.45, 7) is 0. The van der Waals surface area contributed by atoms with Crippen molar-refractivity contribution in [2.24, 2.45) is 0 Å². The number of benzene rings is 1.